The summed E-state index contributed by atoms with van der Waals surface area (Å²) in [6.07, 6.45) is 0. The molecule has 1 fully saturated rings. The van der Waals surface area contributed by atoms with Gasteiger partial charge in [-0.2, -0.15) is 0 Å². The van der Waals surface area contributed by atoms with Crippen LogP contribution in [0.4, 0.5) is 5.69 Å². The van der Waals surface area contributed by atoms with Crippen LogP contribution in [0.5, 0.6) is 0 Å². The first-order valence-electron chi connectivity index (χ1n) is 6.10. The maximum atomic E-state index is 12.0. The van der Waals surface area contributed by atoms with Gasteiger partial charge in [-0.15, -0.1) is 0 Å². The van der Waals surface area contributed by atoms with Crippen LogP contribution < -0.4 is 9.62 Å². The van der Waals surface area contributed by atoms with E-state index in [4.69, 9.17) is 0 Å². The molecule has 1 aliphatic rings. The van der Waals surface area contributed by atoms with Gasteiger partial charge < -0.3 is 5.32 Å². The van der Waals surface area contributed by atoms with Crippen molar-refractivity contribution in [2.75, 3.05) is 11.4 Å². The first-order chi connectivity index (χ1) is 8.73. The van der Waals surface area contributed by atoms with Gasteiger partial charge >= 0.3 is 0 Å². The molecule has 104 valence electrons. The molecule has 0 bridgehead atoms. The van der Waals surface area contributed by atoms with Gasteiger partial charge in [0.2, 0.25) is 0 Å². The SMILES string of the molecule is CNC(C)c1ccc(N2C(=O)C(C)(C)S2(=O)=O)cc1. The average molecular weight is 282 g/mol. The summed E-state index contributed by atoms with van der Waals surface area (Å²) in [6.45, 7) is 4.86. The lowest BCUT2D eigenvalue weighted by atomic mass is 10.1. The Morgan fingerprint density at radius 3 is 2.16 bits per heavy atom. The fraction of sp³-hybridized carbons (Fsp3) is 0.462. The first kappa shape index (κ1) is 14.0. The number of nitrogens with one attached hydrogen (secondary N) is 1. The topological polar surface area (TPSA) is 66.5 Å². The maximum absolute atomic E-state index is 12.0. The summed E-state index contributed by atoms with van der Waals surface area (Å²) in [6, 6.07) is 7.14. The second kappa shape index (κ2) is 4.31. The number of carbonyl (C=O) groups is 1. The normalized spacial score (nSPS) is 21.9. The maximum Gasteiger partial charge on any atom is 0.263 e. The van der Waals surface area contributed by atoms with Crippen molar-refractivity contribution in [1.29, 1.82) is 0 Å². The fourth-order valence-corrected chi connectivity index (χ4v) is 3.46. The predicted octanol–water partition coefficient (Wildman–Crippen LogP) is 1.42. The van der Waals surface area contributed by atoms with Crippen LogP contribution in [-0.2, 0) is 14.8 Å². The third kappa shape index (κ3) is 1.86. The van der Waals surface area contributed by atoms with Crippen molar-refractivity contribution >= 4 is 21.6 Å². The third-order valence-corrected chi connectivity index (χ3v) is 5.97. The van der Waals surface area contributed by atoms with Crippen LogP contribution in [0.25, 0.3) is 0 Å². The summed E-state index contributed by atoms with van der Waals surface area (Å²) in [4.78, 5) is 11.9. The molecule has 1 unspecified atom stereocenters. The Labute approximate surface area is 113 Å². The third-order valence-electron chi connectivity index (χ3n) is 3.65. The number of hydrogen-bond donors (Lipinski definition) is 1. The van der Waals surface area contributed by atoms with E-state index in [2.05, 4.69) is 5.32 Å². The van der Waals surface area contributed by atoms with Gasteiger partial charge in [-0.1, -0.05) is 12.1 Å². The Balaban J connectivity index is 2.33. The molecule has 1 amide bonds. The highest BCUT2D eigenvalue weighted by atomic mass is 32.2. The Kier molecular flexibility index (Phi) is 3.18. The fourth-order valence-electron chi connectivity index (χ4n) is 1.97. The smallest absolute Gasteiger partial charge is 0.263 e. The summed E-state index contributed by atoms with van der Waals surface area (Å²) >= 11 is 0. The van der Waals surface area contributed by atoms with Crippen molar-refractivity contribution in [2.45, 2.75) is 31.6 Å². The van der Waals surface area contributed by atoms with Crippen molar-refractivity contribution in [3.63, 3.8) is 0 Å². The Morgan fingerprint density at radius 1 is 1.21 bits per heavy atom. The Bertz CT molecular complexity index is 605. The zero-order chi connectivity index (χ0) is 14.4. The molecule has 1 heterocycles. The largest absolute Gasteiger partial charge is 0.313 e. The lowest BCUT2D eigenvalue weighted by Crippen LogP contribution is -2.67. The van der Waals surface area contributed by atoms with E-state index in [1.54, 1.807) is 12.1 Å². The second-order valence-electron chi connectivity index (χ2n) is 5.19. The van der Waals surface area contributed by atoms with Crippen LogP contribution in [0.1, 0.15) is 32.4 Å². The highest BCUT2D eigenvalue weighted by Crippen LogP contribution is 2.39. The van der Waals surface area contributed by atoms with Gasteiger partial charge in [0.05, 0.1) is 5.69 Å². The molecular weight excluding hydrogens is 264 g/mol. The minimum absolute atomic E-state index is 0.175. The summed E-state index contributed by atoms with van der Waals surface area (Å²) in [5.41, 5.74) is 1.44. The number of rotatable bonds is 3. The van der Waals surface area contributed by atoms with Crippen LogP contribution in [0.2, 0.25) is 0 Å². The van der Waals surface area contributed by atoms with Crippen LogP contribution in [-0.4, -0.2) is 26.1 Å². The number of benzene rings is 1. The number of carbonyl (C=O) groups excluding carboxylic acids is 1. The molecule has 5 nitrogen and oxygen atoms in total. The molecule has 1 N–H and O–H groups in total. The molecule has 6 heteroatoms. The average Bonchev–Trinajstić information content (AvgIpc) is 2.38. The van der Waals surface area contributed by atoms with E-state index >= 15 is 0 Å². The van der Waals surface area contributed by atoms with Gasteiger partial charge in [0.15, 0.2) is 4.75 Å². The number of sulfonamides is 1. The lowest BCUT2D eigenvalue weighted by molar-refractivity contribution is -0.120. The van der Waals surface area contributed by atoms with E-state index < -0.39 is 14.8 Å². The van der Waals surface area contributed by atoms with Crippen molar-refractivity contribution < 1.29 is 13.2 Å². The summed E-state index contributed by atoms with van der Waals surface area (Å²) < 4.78 is 23.7. The van der Waals surface area contributed by atoms with Gasteiger partial charge in [-0.3, -0.25) is 4.79 Å². The van der Waals surface area contributed by atoms with E-state index in [1.807, 2.05) is 26.1 Å². The molecule has 1 aliphatic heterocycles. The molecule has 1 saturated heterocycles. The van der Waals surface area contributed by atoms with Gasteiger partial charge in [0.1, 0.15) is 0 Å². The Morgan fingerprint density at radius 2 is 1.74 bits per heavy atom. The van der Waals surface area contributed by atoms with Gasteiger partial charge in [-0.25, -0.2) is 12.7 Å². The molecule has 0 radical (unpaired) electrons. The number of nitrogens with zero attached hydrogens (tertiary/aromatic N) is 1. The standard InChI is InChI=1S/C13H18N2O3S/c1-9(14-4)10-5-7-11(8-6-10)15-12(16)13(2,3)19(15,17)18/h5-9,14H,1-4H3. The number of hydrogen-bond acceptors (Lipinski definition) is 4. The van der Waals surface area contributed by atoms with E-state index in [9.17, 15) is 13.2 Å². The predicted molar refractivity (Wildman–Crippen MR) is 74.4 cm³/mol. The molecule has 1 atom stereocenters. The highest BCUT2D eigenvalue weighted by molar-refractivity contribution is 7.98. The lowest BCUT2D eigenvalue weighted by Gasteiger charge is -2.42. The highest BCUT2D eigenvalue weighted by Gasteiger charge is 2.60. The molecule has 0 aliphatic carbocycles. The monoisotopic (exact) mass is 282 g/mol. The van der Waals surface area contributed by atoms with Crippen LogP contribution in [0, 0.1) is 0 Å². The first-order valence-corrected chi connectivity index (χ1v) is 7.54. The molecule has 0 aromatic heterocycles. The van der Waals surface area contributed by atoms with E-state index in [0.29, 0.717) is 5.69 Å². The van der Waals surface area contributed by atoms with Crippen molar-refractivity contribution in [1.82, 2.24) is 5.32 Å². The van der Waals surface area contributed by atoms with Crippen LogP contribution in [0.3, 0.4) is 0 Å². The molecule has 0 saturated carbocycles. The van der Waals surface area contributed by atoms with E-state index in [-0.39, 0.29) is 11.9 Å². The van der Waals surface area contributed by atoms with E-state index in [0.717, 1.165) is 9.87 Å². The van der Waals surface area contributed by atoms with Crippen molar-refractivity contribution in [3.8, 4) is 0 Å². The van der Waals surface area contributed by atoms with Gasteiger partial charge in [-0.05, 0) is 45.5 Å². The van der Waals surface area contributed by atoms with Gasteiger partial charge in [0, 0.05) is 6.04 Å². The minimum atomic E-state index is -3.57. The molecule has 19 heavy (non-hydrogen) atoms. The zero-order valence-electron chi connectivity index (χ0n) is 11.5. The molecule has 1 aromatic carbocycles. The van der Waals surface area contributed by atoms with Crippen molar-refractivity contribution in [3.05, 3.63) is 29.8 Å². The molecular formula is C13H18N2O3S. The van der Waals surface area contributed by atoms with Crippen LogP contribution >= 0.6 is 0 Å². The molecule has 2 rings (SSSR count). The summed E-state index contributed by atoms with van der Waals surface area (Å²) in [7, 11) is -1.72. The number of anilines is 1. The van der Waals surface area contributed by atoms with E-state index in [1.165, 1.54) is 13.8 Å². The second-order valence-corrected chi connectivity index (χ2v) is 7.52. The molecule has 0 spiro atoms. The summed E-state index contributed by atoms with van der Waals surface area (Å²) in [5.74, 6) is -0.387. The van der Waals surface area contributed by atoms with Crippen LogP contribution in [0.15, 0.2) is 24.3 Å². The molecule has 1 aromatic rings. The zero-order valence-corrected chi connectivity index (χ0v) is 12.3. The number of amides is 1. The van der Waals surface area contributed by atoms with Gasteiger partial charge in [0.25, 0.3) is 15.9 Å². The summed E-state index contributed by atoms with van der Waals surface area (Å²) in [5, 5.41) is 3.10. The van der Waals surface area contributed by atoms with Crippen molar-refractivity contribution in [2.24, 2.45) is 0 Å². The minimum Gasteiger partial charge on any atom is -0.313 e. The Hall–Kier alpha value is -1.40. The quantitative estimate of drug-likeness (QED) is 0.910.